The molecule has 1 heterocycles. The molecule has 40 heteroatoms. The number of hydrogen-bond donors (Lipinski definition) is 17. The molecule has 0 spiro atoms. The Bertz CT molecular complexity index is 3430. The third kappa shape index (κ3) is 26.8. The van der Waals surface area contributed by atoms with Crippen molar-refractivity contribution in [3.05, 3.63) is 86.0 Å². The van der Waals surface area contributed by atoms with Gasteiger partial charge >= 0.3 is 5.69 Å². The number of rotatable bonds is 45. The standard InChI is InChI=1S/C57H87N25O15/c1-94-43-27-32(42(82(92)93)28-44(43)95-2)29-96-30-40(72-33-19-20-41(81(90)91)46-45(33)79-97-80-46)53(89)78-39(26-31-12-4-3-5-13-31)52(88)77-38(18-11-25-71-57(66)67)51(87)76-37(17-10-24-70-56(64)65)50(86)75-36(16-9-23-69-55(62)63)49(85)74-35(15-8-22-68-54(60)61)48(84)73-34(47(59)83)14-6-7-21-58/h3-5,12-13,19-20,27-28,34-40,72H,6-11,14-18,21-26,29-30,58H2,1-2H3,(H2,59,83)(H,73,84)(H,74,85)(H,75,86)(H,76,87)(H,77,88)(H,78,89)(H4,60,61,68)(H4,62,63,69)(H4,64,65,70)(H4,66,67,71)/t34-,35-,36-,37-,38-,39-,40?/m0/s1. The molecule has 0 radical (unpaired) electrons. The molecule has 0 saturated heterocycles. The number of methoxy groups -OCH3 is 2. The lowest BCUT2D eigenvalue weighted by atomic mass is 10.0. The van der Waals surface area contributed by atoms with E-state index in [1.165, 1.54) is 26.4 Å². The molecular formula is C57H87N25O15. The van der Waals surface area contributed by atoms with Gasteiger partial charge in [-0.15, -0.1) is 0 Å². The van der Waals surface area contributed by atoms with Crippen molar-refractivity contribution in [1.82, 2.24) is 42.2 Å². The minimum Gasteiger partial charge on any atom is -0.493 e. The predicted octanol–water partition coefficient (Wildman–Crippen LogP) is -3.97. The van der Waals surface area contributed by atoms with Gasteiger partial charge in [0.05, 0.1) is 54.6 Å². The number of fused-ring (bicyclic) bond motifs is 1. The minimum atomic E-state index is -1.56. The number of non-ortho nitro benzene ring substituents is 1. The number of aromatic nitrogens is 2. The zero-order chi connectivity index (χ0) is 71.6. The summed E-state index contributed by atoms with van der Waals surface area (Å²) in [6.45, 7) is -0.931. The molecule has 7 amide bonds. The molecule has 27 N–H and O–H groups in total. The molecule has 530 valence electrons. The number of amides is 7. The Labute approximate surface area is 555 Å². The van der Waals surface area contributed by atoms with Gasteiger partial charge in [0.25, 0.3) is 5.69 Å². The van der Waals surface area contributed by atoms with E-state index < -0.39 is 118 Å². The Morgan fingerprint density at radius 1 is 0.505 bits per heavy atom. The third-order valence-electron chi connectivity index (χ3n) is 14.4. The molecule has 97 heavy (non-hydrogen) atoms. The van der Waals surface area contributed by atoms with Crippen molar-refractivity contribution >= 4 is 93.3 Å². The summed E-state index contributed by atoms with van der Waals surface area (Å²) in [7, 11) is 2.60. The van der Waals surface area contributed by atoms with Gasteiger partial charge in [0.1, 0.15) is 42.3 Å². The Morgan fingerprint density at radius 3 is 1.33 bits per heavy atom. The molecule has 1 unspecified atom stereocenters. The number of ether oxygens (including phenoxy) is 3. The van der Waals surface area contributed by atoms with Crippen LogP contribution in [-0.4, -0.2) is 181 Å². The SMILES string of the molecule is COc1cc(COCC(Nc2ccc([N+](=O)[O-])c3nonc23)C(=O)N[C@@H](Cc2ccccc2)C(=O)N[C@@H](CCCN=C(N)N)C(=O)N[C@@H](CCCN=C(N)N)C(=O)N[C@@H](CCCN=C(N)N)C(=O)N[C@@H](CCCN=C(N)N)C(=O)N[C@@H](CCCCN)C(N)=O)c([N+](=O)[O-])cc1OC. The number of unbranched alkanes of at least 4 members (excludes halogenated alkanes) is 1. The molecule has 4 rings (SSSR count). The van der Waals surface area contributed by atoms with E-state index in [9.17, 15) is 53.8 Å². The van der Waals surface area contributed by atoms with Crippen LogP contribution < -0.4 is 104 Å². The maximum atomic E-state index is 15.0. The first-order valence-corrected chi connectivity index (χ1v) is 30.5. The van der Waals surface area contributed by atoms with Crippen LogP contribution >= 0.6 is 0 Å². The summed E-state index contributed by atoms with van der Waals surface area (Å²) in [6, 6.07) is 2.86. The molecule has 0 aliphatic rings. The number of anilines is 1. The van der Waals surface area contributed by atoms with Crippen molar-refractivity contribution < 1.29 is 62.2 Å². The van der Waals surface area contributed by atoms with E-state index in [4.69, 9.17) is 76.2 Å². The van der Waals surface area contributed by atoms with Crippen LogP contribution in [0.5, 0.6) is 11.5 Å². The van der Waals surface area contributed by atoms with Gasteiger partial charge in [0.15, 0.2) is 40.9 Å². The minimum absolute atomic E-state index is 0.00506. The molecule has 0 saturated carbocycles. The molecule has 3 aromatic carbocycles. The van der Waals surface area contributed by atoms with E-state index in [0.717, 1.165) is 12.1 Å². The highest BCUT2D eigenvalue weighted by Crippen LogP contribution is 2.35. The molecule has 40 nitrogen and oxygen atoms in total. The number of nitrogens with one attached hydrogen (secondary N) is 7. The number of hydrogen-bond acceptors (Lipinski definition) is 23. The number of nitrogens with zero attached hydrogens (tertiary/aromatic N) is 8. The molecule has 1 aromatic heterocycles. The Balaban J connectivity index is 1.76. The topological polar surface area (TPSA) is 666 Å². The van der Waals surface area contributed by atoms with Crippen LogP contribution in [-0.2, 0) is 51.3 Å². The van der Waals surface area contributed by atoms with Gasteiger partial charge in [-0.25, -0.2) is 4.63 Å². The summed E-state index contributed by atoms with van der Waals surface area (Å²) in [5, 5.41) is 50.5. The second-order valence-corrected chi connectivity index (χ2v) is 21.7. The summed E-state index contributed by atoms with van der Waals surface area (Å²) >= 11 is 0. The fraction of sp³-hybridized carbons (Fsp3) is 0.491. The first-order chi connectivity index (χ1) is 46.3. The molecule has 7 atom stereocenters. The van der Waals surface area contributed by atoms with E-state index in [-0.39, 0.29) is 148 Å². The van der Waals surface area contributed by atoms with Crippen LogP contribution in [0.2, 0.25) is 0 Å². The fourth-order valence-electron chi connectivity index (χ4n) is 9.53. The van der Waals surface area contributed by atoms with Gasteiger partial charge in [-0.1, -0.05) is 30.3 Å². The Hall–Kier alpha value is -11.4. The monoisotopic (exact) mass is 1360 g/mol. The Kier molecular flexibility index (Phi) is 32.7. The number of aliphatic imine (C=N–C) groups is 4. The zero-order valence-corrected chi connectivity index (χ0v) is 53.6. The number of benzene rings is 3. The molecule has 0 aliphatic heterocycles. The van der Waals surface area contributed by atoms with Gasteiger partial charge < -0.3 is 109 Å². The van der Waals surface area contributed by atoms with E-state index in [2.05, 4.69) is 67.5 Å². The summed E-state index contributed by atoms with van der Waals surface area (Å²) in [4.78, 5) is 139. The van der Waals surface area contributed by atoms with Crippen LogP contribution in [0.15, 0.2) is 79.2 Å². The summed E-state index contributed by atoms with van der Waals surface area (Å²) < 4.78 is 21.4. The van der Waals surface area contributed by atoms with Crippen LogP contribution in [0.4, 0.5) is 17.1 Å². The molecule has 0 aliphatic carbocycles. The van der Waals surface area contributed by atoms with Crippen LogP contribution in [0.3, 0.4) is 0 Å². The van der Waals surface area contributed by atoms with Crippen molar-refractivity contribution in [3.8, 4) is 11.5 Å². The highest BCUT2D eigenvalue weighted by atomic mass is 16.6. The van der Waals surface area contributed by atoms with Gasteiger partial charge in [-0.3, -0.25) is 73.8 Å². The van der Waals surface area contributed by atoms with Crippen LogP contribution in [0, 0.1) is 20.2 Å². The number of nitro benzene ring substituents is 2. The molecular weight excluding hydrogens is 1270 g/mol. The second kappa shape index (κ2) is 40.6. The average molecular weight is 1360 g/mol. The number of primary amides is 1. The Morgan fingerprint density at radius 2 is 0.907 bits per heavy atom. The van der Waals surface area contributed by atoms with E-state index >= 15 is 0 Å². The van der Waals surface area contributed by atoms with Crippen molar-refractivity contribution in [2.45, 2.75) is 126 Å². The first-order valence-electron chi connectivity index (χ1n) is 30.5. The van der Waals surface area contributed by atoms with Gasteiger partial charge in [-0.05, 0) is 105 Å². The number of nitrogens with two attached hydrogens (primary N) is 10. The van der Waals surface area contributed by atoms with Crippen molar-refractivity contribution in [2.24, 2.45) is 77.3 Å². The predicted molar refractivity (Wildman–Crippen MR) is 355 cm³/mol. The van der Waals surface area contributed by atoms with Crippen LogP contribution in [0.1, 0.15) is 81.8 Å². The van der Waals surface area contributed by atoms with Crippen LogP contribution in [0.25, 0.3) is 11.0 Å². The third-order valence-corrected chi connectivity index (χ3v) is 14.4. The lowest BCUT2D eigenvalue weighted by Crippen LogP contribution is -2.60. The van der Waals surface area contributed by atoms with E-state index in [1.54, 1.807) is 30.3 Å². The summed E-state index contributed by atoms with van der Waals surface area (Å²) in [5.74, 6) is -7.32. The normalized spacial score (nSPS) is 13.0. The molecule has 0 bridgehead atoms. The maximum Gasteiger partial charge on any atom is 0.300 e. The summed E-state index contributed by atoms with van der Waals surface area (Å²) in [5.41, 5.74) is 55.0. The molecule has 4 aromatic rings. The lowest BCUT2D eigenvalue weighted by molar-refractivity contribution is -0.386. The number of carbonyl (C=O) groups excluding carboxylic acids is 7. The smallest absolute Gasteiger partial charge is 0.300 e. The highest BCUT2D eigenvalue weighted by Gasteiger charge is 2.35. The van der Waals surface area contributed by atoms with Gasteiger partial charge in [0, 0.05) is 38.7 Å². The van der Waals surface area contributed by atoms with Crippen molar-refractivity contribution in [2.75, 3.05) is 58.9 Å². The fourth-order valence-corrected chi connectivity index (χ4v) is 9.53. The van der Waals surface area contributed by atoms with Gasteiger partial charge in [0.2, 0.25) is 46.9 Å². The largest absolute Gasteiger partial charge is 0.493 e. The number of carbonyl (C=O) groups is 7. The maximum absolute atomic E-state index is 15.0. The van der Waals surface area contributed by atoms with Crippen molar-refractivity contribution in [3.63, 3.8) is 0 Å². The van der Waals surface area contributed by atoms with E-state index in [0.29, 0.717) is 24.9 Å². The average Bonchev–Trinajstić information content (AvgIpc) is 1.75. The van der Waals surface area contributed by atoms with Gasteiger partial charge in [-0.2, -0.15) is 0 Å². The second-order valence-electron chi connectivity index (χ2n) is 21.7. The zero-order valence-electron chi connectivity index (χ0n) is 53.6. The highest BCUT2D eigenvalue weighted by molar-refractivity contribution is 5.99. The molecule has 0 fully saturated rings. The first kappa shape index (κ1) is 78.0. The lowest BCUT2D eigenvalue weighted by Gasteiger charge is -2.28. The summed E-state index contributed by atoms with van der Waals surface area (Å²) in [6.07, 6.45) is 0.475. The van der Waals surface area contributed by atoms with E-state index in [1.807, 2.05) is 0 Å². The van der Waals surface area contributed by atoms with Crippen molar-refractivity contribution in [1.29, 1.82) is 0 Å². The number of nitro groups is 2. The number of guanidine groups is 4. The quantitative estimate of drug-likeness (QED) is 0.00660.